The molecular weight excluding hydrogens is 309 g/mol. The van der Waals surface area contributed by atoms with Crippen molar-refractivity contribution in [3.63, 3.8) is 0 Å². The Balaban J connectivity index is 2.37. The molecule has 1 unspecified atom stereocenters. The second-order valence-corrected chi connectivity index (χ2v) is 5.38. The van der Waals surface area contributed by atoms with Gasteiger partial charge in [0.2, 0.25) is 0 Å². The molecular formula is C18H18FN3O2. The molecule has 1 N–H and O–H groups in total. The van der Waals surface area contributed by atoms with Crippen LogP contribution in [-0.2, 0) is 6.54 Å². The number of hydrogen-bond donors (Lipinski definition) is 1. The van der Waals surface area contributed by atoms with Crippen LogP contribution in [0.2, 0.25) is 0 Å². The number of aromatic nitrogens is 1. The van der Waals surface area contributed by atoms with E-state index in [4.69, 9.17) is 5.26 Å². The van der Waals surface area contributed by atoms with E-state index in [-0.39, 0.29) is 24.3 Å². The molecule has 124 valence electrons. The standard InChI is InChI=1S/C18H18FN3O2/c1-2-17(12-23)22(11-13-4-3-5-21-10-13)18(24)15-6-14(9-20)7-16(19)8-15/h3-8,10,17,23H,2,11-12H2,1H3. The highest BCUT2D eigenvalue weighted by molar-refractivity contribution is 5.94. The molecule has 2 rings (SSSR count). The third kappa shape index (κ3) is 4.15. The Hall–Kier alpha value is -2.78. The van der Waals surface area contributed by atoms with Gasteiger partial charge in [-0.05, 0) is 36.2 Å². The topological polar surface area (TPSA) is 77.2 Å². The Morgan fingerprint density at radius 1 is 1.46 bits per heavy atom. The van der Waals surface area contributed by atoms with Crippen LogP contribution in [0.1, 0.15) is 34.8 Å². The number of amides is 1. The Morgan fingerprint density at radius 2 is 2.25 bits per heavy atom. The minimum absolute atomic E-state index is 0.0803. The third-order valence-corrected chi connectivity index (χ3v) is 3.73. The summed E-state index contributed by atoms with van der Waals surface area (Å²) < 4.78 is 13.6. The van der Waals surface area contributed by atoms with Gasteiger partial charge in [0.15, 0.2) is 0 Å². The summed E-state index contributed by atoms with van der Waals surface area (Å²) >= 11 is 0. The zero-order valence-electron chi connectivity index (χ0n) is 13.3. The van der Waals surface area contributed by atoms with Crippen molar-refractivity contribution in [3.8, 4) is 6.07 Å². The van der Waals surface area contributed by atoms with Crippen LogP contribution in [0, 0.1) is 17.1 Å². The van der Waals surface area contributed by atoms with E-state index in [9.17, 15) is 14.3 Å². The second-order valence-electron chi connectivity index (χ2n) is 5.38. The molecule has 1 heterocycles. The van der Waals surface area contributed by atoms with Gasteiger partial charge in [0.1, 0.15) is 5.82 Å². The first-order valence-corrected chi connectivity index (χ1v) is 7.60. The van der Waals surface area contributed by atoms with Gasteiger partial charge in [-0.1, -0.05) is 13.0 Å². The fourth-order valence-corrected chi connectivity index (χ4v) is 2.45. The number of aliphatic hydroxyl groups excluding tert-OH is 1. The van der Waals surface area contributed by atoms with Crippen molar-refractivity contribution in [1.82, 2.24) is 9.88 Å². The van der Waals surface area contributed by atoms with Gasteiger partial charge < -0.3 is 10.0 Å². The van der Waals surface area contributed by atoms with E-state index >= 15 is 0 Å². The summed E-state index contributed by atoms with van der Waals surface area (Å²) in [4.78, 5) is 18.3. The normalized spacial score (nSPS) is 11.6. The fraction of sp³-hybridized carbons (Fsp3) is 0.278. The van der Waals surface area contributed by atoms with E-state index in [1.54, 1.807) is 18.5 Å². The summed E-state index contributed by atoms with van der Waals surface area (Å²) in [5.41, 5.74) is 0.966. The fourth-order valence-electron chi connectivity index (χ4n) is 2.45. The van der Waals surface area contributed by atoms with Crippen molar-refractivity contribution >= 4 is 5.91 Å². The van der Waals surface area contributed by atoms with Gasteiger partial charge >= 0.3 is 0 Å². The summed E-state index contributed by atoms with van der Waals surface area (Å²) in [6.07, 6.45) is 3.81. The average Bonchev–Trinajstić information content (AvgIpc) is 2.61. The van der Waals surface area contributed by atoms with Crippen molar-refractivity contribution in [1.29, 1.82) is 5.26 Å². The summed E-state index contributed by atoms with van der Waals surface area (Å²) in [5, 5.41) is 18.5. The molecule has 0 saturated heterocycles. The molecule has 0 aliphatic carbocycles. The van der Waals surface area contributed by atoms with E-state index < -0.39 is 17.8 Å². The van der Waals surface area contributed by atoms with Crippen molar-refractivity contribution in [2.75, 3.05) is 6.61 Å². The molecule has 1 atom stereocenters. The average molecular weight is 327 g/mol. The highest BCUT2D eigenvalue weighted by Gasteiger charge is 2.24. The minimum atomic E-state index is -0.643. The molecule has 0 fully saturated rings. The molecule has 0 spiro atoms. The van der Waals surface area contributed by atoms with E-state index in [0.29, 0.717) is 6.42 Å². The van der Waals surface area contributed by atoms with Gasteiger partial charge in [0.25, 0.3) is 5.91 Å². The van der Waals surface area contributed by atoms with Crippen molar-refractivity contribution in [2.45, 2.75) is 25.9 Å². The molecule has 6 heteroatoms. The molecule has 1 aromatic heterocycles. The number of aliphatic hydroxyl groups is 1. The van der Waals surface area contributed by atoms with Crippen LogP contribution < -0.4 is 0 Å². The van der Waals surface area contributed by atoms with Gasteiger partial charge in [-0.15, -0.1) is 0 Å². The number of halogens is 1. The minimum Gasteiger partial charge on any atom is -0.394 e. The van der Waals surface area contributed by atoms with Crippen molar-refractivity contribution in [3.05, 3.63) is 65.2 Å². The lowest BCUT2D eigenvalue weighted by molar-refractivity contribution is 0.0563. The number of carbonyl (C=O) groups excluding carboxylic acids is 1. The maximum atomic E-state index is 13.6. The number of hydrogen-bond acceptors (Lipinski definition) is 4. The summed E-state index contributed by atoms with van der Waals surface area (Å²) in [7, 11) is 0. The van der Waals surface area contributed by atoms with Crippen LogP contribution in [0.25, 0.3) is 0 Å². The van der Waals surface area contributed by atoms with Crippen LogP contribution in [-0.4, -0.2) is 33.5 Å². The van der Waals surface area contributed by atoms with E-state index in [1.807, 2.05) is 19.1 Å². The number of nitriles is 1. The van der Waals surface area contributed by atoms with Gasteiger partial charge in [-0.2, -0.15) is 5.26 Å². The molecule has 0 radical (unpaired) electrons. The van der Waals surface area contributed by atoms with E-state index in [2.05, 4.69) is 4.98 Å². The van der Waals surface area contributed by atoms with Gasteiger partial charge in [0.05, 0.1) is 24.3 Å². The lowest BCUT2D eigenvalue weighted by Gasteiger charge is -2.30. The maximum Gasteiger partial charge on any atom is 0.254 e. The predicted molar refractivity (Wildman–Crippen MR) is 86.4 cm³/mol. The van der Waals surface area contributed by atoms with Crippen LogP contribution in [0.3, 0.4) is 0 Å². The summed E-state index contributed by atoms with van der Waals surface area (Å²) in [5.74, 6) is -1.08. The van der Waals surface area contributed by atoms with Crippen molar-refractivity contribution < 1.29 is 14.3 Å². The highest BCUT2D eigenvalue weighted by Crippen LogP contribution is 2.17. The molecule has 5 nitrogen and oxygen atoms in total. The molecule has 0 saturated carbocycles. The summed E-state index contributed by atoms with van der Waals surface area (Å²) in [6.45, 7) is 1.89. The van der Waals surface area contributed by atoms with E-state index in [1.165, 1.54) is 11.0 Å². The highest BCUT2D eigenvalue weighted by atomic mass is 19.1. The van der Waals surface area contributed by atoms with Crippen LogP contribution >= 0.6 is 0 Å². The molecule has 0 aliphatic rings. The largest absolute Gasteiger partial charge is 0.394 e. The number of rotatable bonds is 6. The zero-order chi connectivity index (χ0) is 17.5. The van der Waals surface area contributed by atoms with Crippen LogP contribution in [0.5, 0.6) is 0 Å². The van der Waals surface area contributed by atoms with Crippen molar-refractivity contribution in [2.24, 2.45) is 0 Å². The molecule has 2 aromatic rings. The smallest absolute Gasteiger partial charge is 0.254 e. The monoisotopic (exact) mass is 327 g/mol. The zero-order valence-corrected chi connectivity index (χ0v) is 13.3. The second kappa shape index (κ2) is 8.18. The first-order valence-electron chi connectivity index (χ1n) is 7.60. The number of carbonyl (C=O) groups is 1. The molecule has 0 aliphatic heterocycles. The van der Waals surface area contributed by atoms with Crippen LogP contribution in [0.4, 0.5) is 4.39 Å². The Kier molecular flexibility index (Phi) is 5.99. The molecule has 0 bridgehead atoms. The van der Waals surface area contributed by atoms with Gasteiger partial charge in [-0.3, -0.25) is 9.78 Å². The lowest BCUT2D eigenvalue weighted by Crippen LogP contribution is -2.41. The number of benzene rings is 1. The van der Waals surface area contributed by atoms with E-state index in [0.717, 1.165) is 17.7 Å². The van der Waals surface area contributed by atoms with Gasteiger partial charge in [0, 0.05) is 24.5 Å². The quantitative estimate of drug-likeness (QED) is 0.884. The SMILES string of the molecule is CCC(CO)N(Cc1cccnc1)C(=O)c1cc(F)cc(C#N)c1. The summed E-state index contributed by atoms with van der Waals surface area (Å²) in [6, 6.07) is 8.54. The third-order valence-electron chi connectivity index (χ3n) is 3.73. The molecule has 24 heavy (non-hydrogen) atoms. The predicted octanol–water partition coefficient (Wildman–Crippen LogP) is 2.51. The number of pyridine rings is 1. The van der Waals surface area contributed by atoms with Crippen LogP contribution in [0.15, 0.2) is 42.7 Å². The molecule has 1 amide bonds. The Bertz CT molecular complexity index is 740. The number of nitrogens with zero attached hydrogens (tertiary/aromatic N) is 3. The Morgan fingerprint density at radius 3 is 2.83 bits per heavy atom. The lowest BCUT2D eigenvalue weighted by atomic mass is 10.1. The first kappa shape index (κ1) is 17.6. The Labute approximate surface area is 140 Å². The van der Waals surface area contributed by atoms with Gasteiger partial charge in [-0.25, -0.2) is 4.39 Å². The first-order chi connectivity index (χ1) is 11.6. The molecule has 1 aromatic carbocycles. The maximum absolute atomic E-state index is 13.6.